The van der Waals surface area contributed by atoms with E-state index < -0.39 is 0 Å². The van der Waals surface area contributed by atoms with Gasteiger partial charge in [-0.3, -0.25) is 4.90 Å². The highest BCUT2D eigenvalue weighted by Crippen LogP contribution is 2.19. The van der Waals surface area contributed by atoms with Crippen LogP contribution in [0.5, 0.6) is 0 Å². The van der Waals surface area contributed by atoms with Crippen LogP contribution in [0.1, 0.15) is 12.5 Å². The van der Waals surface area contributed by atoms with E-state index in [1.165, 1.54) is 5.56 Å². The predicted octanol–water partition coefficient (Wildman–Crippen LogP) is 1.37. The Labute approximate surface area is 102 Å². The second-order valence-electron chi connectivity index (χ2n) is 4.33. The highest BCUT2D eigenvalue weighted by Gasteiger charge is 2.28. The highest BCUT2D eigenvalue weighted by molar-refractivity contribution is 5.94. The molecule has 1 unspecified atom stereocenters. The molecular weight excluding hydrogens is 214 g/mol. The van der Waals surface area contributed by atoms with Crippen molar-refractivity contribution in [2.45, 2.75) is 19.4 Å². The fourth-order valence-electron chi connectivity index (χ4n) is 2.10. The molecule has 1 aliphatic heterocycles. The maximum absolute atomic E-state index is 11.8. The number of hydrogen-bond acceptors (Lipinski definition) is 2. The van der Waals surface area contributed by atoms with E-state index in [-0.39, 0.29) is 12.1 Å². The first-order valence-corrected chi connectivity index (χ1v) is 6.06. The molecular formula is C13H19N3O. The predicted molar refractivity (Wildman–Crippen MR) is 69.4 cm³/mol. The number of hydrogen-bond donors (Lipinski definition) is 2. The molecule has 92 valence electrons. The molecule has 4 nitrogen and oxygen atoms in total. The van der Waals surface area contributed by atoms with Crippen LogP contribution < -0.4 is 15.5 Å². The molecule has 0 radical (unpaired) electrons. The molecule has 1 aromatic rings. The largest absolute Gasteiger partial charge is 0.332 e. The molecule has 0 aromatic heterocycles. The number of rotatable bonds is 4. The van der Waals surface area contributed by atoms with Crippen molar-refractivity contribution in [2.75, 3.05) is 25.0 Å². The van der Waals surface area contributed by atoms with Gasteiger partial charge >= 0.3 is 6.03 Å². The summed E-state index contributed by atoms with van der Waals surface area (Å²) in [4.78, 5) is 13.6. The summed E-state index contributed by atoms with van der Waals surface area (Å²) in [5, 5.41) is 6.04. The Hall–Kier alpha value is -1.55. The zero-order valence-electron chi connectivity index (χ0n) is 10.4. The Balaban J connectivity index is 2.08. The number of anilines is 1. The number of amides is 2. The minimum Gasteiger partial charge on any atom is -0.332 e. The molecule has 0 saturated carbocycles. The van der Waals surface area contributed by atoms with Crippen LogP contribution in [-0.2, 0) is 6.42 Å². The summed E-state index contributed by atoms with van der Waals surface area (Å²) in [6.45, 7) is 3.65. The molecule has 1 aromatic carbocycles. The molecule has 1 saturated heterocycles. The zero-order chi connectivity index (χ0) is 12.3. The maximum atomic E-state index is 11.8. The topological polar surface area (TPSA) is 44.4 Å². The second kappa shape index (κ2) is 5.19. The summed E-state index contributed by atoms with van der Waals surface area (Å²) in [6.07, 6.45) is 1.02. The first kappa shape index (κ1) is 11.9. The van der Waals surface area contributed by atoms with Gasteiger partial charge in [0.2, 0.25) is 0 Å². The average Bonchev–Trinajstić information content (AvgIpc) is 2.71. The van der Waals surface area contributed by atoms with Crippen LogP contribution in [0.25, 0.3) is 0 Å². The SMILES string of the molecule is CCc1ccc(N2CC(CNC)NC2=O)cc1. The van der Waals surface area contributed by atoms with Crippen LogP contribution in [0.15, 0.2) is 24.3 Å². The Kier molecular flexibility index (Phi) is 3.64. The molecule has 1 fully saturated rings. The van der Waals surface area contributed by atoms with Crippen LogP contribution in [0.3, 0.4) is 0 Å². The third kappa shape index (κ3) is 2.58. The highest BCUT2D eigenvalue weighted by atomic mass is 16.2. The fourth-order valence-corrected chi connectivity index (χ4v) is 2.10. The minimum absolute atomic E-state index is 0.00509. The number of benzene rings is 1. The summed E-state index contributed by atoms with van der Waals surface area (Å²) in [6, 6.07) is 8.37. The first-order chi connectivity index (χ1) is 8.24. The Morgan fingerprint density at radius 3 is 2.71 bits per heavy atom. The molecule has 17 heavy (non-hydrogen) atoms. The molecule has 2 rings (SSSR count). The summed E-state index contributed by atoms with van der Waals surface area (Å²) >= 11 is 0. The van der Waals surface area contributed by atoms with Gasteiger partial charge in [-0.2, -0.15) is 0 Å². The fraction of sp³-hybridized carbons (Fsp3) is 0.462. The average molecular weight is 233 g/mol. The number of carbonyl (C=O) groups is 1. The van der Waals surface area contributed by atoms with Crippen molar-refractivity contribution >= 4 is 11.7 Å². The number of urea groups is 1. The lowest BCUT2D eigenvalue weighted by Gasteiger charge is -2.15. The molecule has 0 spiro atoms. The van der Waals surface area contributed by atoms with Gasteiger partial charge in [0, 0.05) is 18.8 Å². The standard InChI is InChI=1S/C13H19N3O/c1-3-10-4-6-12(7-5-10)16-9-11(8-14-2)15-13(16)17/h4-7,11,14H,3,8-9H2,1-2H3,(H,15,17). The Morgan fingerprint density at radius 2 is 2.12 bits per heavy atom. The molecule has 1 aliphatic rings. The molecule has 2 N–H and O–H groups in total. The number of nitrogens with zero attached hydrogens (tertiary/aromatic N) is 1. The zero-order valence-corrected chi connectivity index (χ0v) is 10.4. The van der Waals surface area contributed by atoms with Gasteiger partial charge in [0.1, 0.15) is 0 Å². The van der Waals surface area contributed by atoms with Crippen molar-refractivity contribution in [2.24, 2.45) is 0 Å². The van der Waals surface area contributed by atoms with Gasteiger partial charge < -0.3 is 10.6 Å². The Bertz CT molecular complexity index is 388. The van der Waals surface area contributed by atoms with Gasteiger partial charge in [-0.25, -0.2) is 4.79 Å². The molecule has 2 amide bonds. The first-order valence-electron chi connectivity index (χ1n) is 6.06. The molecule has 0 bridgehead atoms. The van der Waals surface area contributed by atoms with Crippen LogP contribution in [0.4, 0.5) is 10.5 Å². The number of carbonyl (C=O) groups excluding carboxylic acids is 1. The monoisotopic (exact) mass is 233 g/mol. The second-order valence-corrected chi connectivity index (χ2v) is 4.33. The third-order valence-electron chi connectivity index (χ3n) is 3.08. The van der Waals surface area contributed by atoms with Gasteiger partial charge in [0.05, 0.1) is 6.04 Å². The van der Waals surface area contributed by atoms with E-state index in [2.05, 4.69) is 29.7 Å². The van der Waals surface area contributed by atoms with E-state index in [1.54, 1.807) is 4.90 Å². The third-order valence-corrected chi connectivity index (χ3v) is 3.08. The number of likely N-dealkylation sites (N-methyl/N-ethyl adjacent to an activating group) is 1. The number of aryl methyl sites for hydroxylation is 1. The summed E-state index contributed by atoms with van der Waals surface area (Å²) in [5.74, 6) is 0. The van der Waals surface area contributed by atoms with E-state index >= 15 is 0 Å². The quantitative estimate of drug-likeness (QED) is 0.825. The van der Waals surface area contributed by atoms with Gasteiger partial charge in [0.25, 0.3) is 0 Å². The van der Waals surface area contributed by atoms with Crippen molar-refractivity contribution in [1.29, 1.82) is 0 Å². The summed E-state index contributed by atoms with van der Waals surface area (Å²) < 4.78 is 0. The van der Waals surface area contributed by atoms with E-state index in [0.717, 1.165) is 25.2 Å². The lowest BCUT2D eigenvalue weighted by atomic mass is 10.1. The normalized spacial score (nSPS) is 19.5. The van der Waals surface area contributed by atoms with Crippen molar-refractivity contribution in [3.8, 4) is 0 Å². The lowest BCUT2D eigenvalue weighted by Crippen LogP contribution is -2.35. The van der Waals surface area contributed by atoms with Crippen molar-refractivity contribution in [1.82, 2.24) is 10.6 Å². The van der Waals surface area contributed by atoms with Crippen LogP contribution in [0, 0.1) is 0 Å². The van der Waals surface area contributed by atoms with Crippen molar-refractivity contribution < 1.29 is 4.79 Å². The molecule has 0 aliphatic carbocycles. The van der Waals surface area contributed by atoms with Crippen LogP contribution in [0.2, 0.25) is 0 Å². The molecule has 4 heteroatoms. The smallest absolute Gasteiger partial charge is 0.322 e. The number of nitrogens with one attached hydrogen (secondary N) is 2. The van der Waals surface area contributed by atoms with Gasteiger partial charge in [0.15, 0.2) is 0 Å². The molecule has 1 atom stereocenters. The minimum atomic E-state index is -0.00509. The van der Waals surface area contributed by atoms with Crippen LogP contribution >= 0.6 is 0 Å². The maximum Gasteiger partial charge on any atom is 0.322 e. The van der Waals surface area contributed by atoms with E-state index in [4.69, 9.17) is 0 Å². The van der Waals surface area contributed by atoms with Gasteiger partial charge in [-0.1, -0.05) is 19.1 Å². The van der Waals surface area contributed by atoms with E-state index in [1.807, 2.05) is 19.2 Å². The van der Waals surface area contributed by atoms with Gasteiger partial charge in [-0.15, -0.1) is 0 Å². The molecule has 1 heterocycles. The summed E-state index contributed by atoms with van der Waals surface area (Å²) in [5.41, 5.74) is 2.26. The lowest BCUT2D eigenvalue weighted by molar-refractivity contribution is 0.251. The van der Waals surface area contributed by atoms with Crippen molar-refractivity contribution in [3.63, 3.8) is 0 Å². The van der Waals surface area contributed by atoms with E-state index in [9.17, 15) is 4.79 Å². The van der Waals surface area contributed by atoms with Crippen LogP contribution in [-0.4, -0.2) is 32.2 Å². The summed E-state index contributed by atoms with van der Waals surface area (Å²) in [7, 11) is 1.89. The van der Waals surface area contributed by atoms with Gasteiger partial charge in [-0.05, 0) is 31.2 Å². The Morgan fingerprint density at radius 1 is 1.41 bits per heavy atom. The van der Waals surface area contributed by atoms with E-state index in [0.29, 0.717) is 0 Å². The van der Waals surface area contributed by atoms with Crippen molar-refractivity contribution in [3.05, 3.63) is 29.8 Å².